The molecule has 3 heterocycles. The minimum atomic E-state index is 0. The fourth-order valence-corrected chi connectivity index (χ4v) is 5.22. The maximum Gasteiger partial charge on any atom is 0.227 e. The Morgan fingerprint density at radius 2 is 2.00 bits per heavy atom. The Kier molecular flexibility index (Phi) is 4.57. The summed E-state index contributed by atoms with van der Waals surface area (Å²) in [5.74, 6) is 0.383. The number of hydrogen-bond acceptors (Lipinski definition) is 3. The predicted octanol–water partition coefficient (Wildman–Crippen LogP) is 2.99. The van der Waals surface area contributed by atoms with Gasteiger partial charge in [0.2, 0.25) is 5.91 Å². The summed E-state index contributed by atoms with van der Waals surface area (Å²) in [6.45, 7) is 0. The third-order valence-electron chi connectivity index (χ3n) is 5.19. The lowest BCUT2D eigenvalue weighted by atomic mass is 9.86. The van der Waals surface area contributed by atoms with Crippen LogP contribution in [0.5, 0.6) is 0 Å². The monoisotopic (exact) mass is 326 g/mol. The number of piperidine rings is 1. The van der Waals surface area contributed by atoms with Crippen molar-refractivity contribution < 1.29 is 4.79 Å². The van der Waals surface area contributed by atoms with Gasteiger partial charge in [-0.05, 0) is 62.0 Å². The van der Waals surface area contributed by atoms with E-state index in [9.17, 15) is 4.79 Å². The molecule has 3 nitrogen and oxygen atoms in total. The molecule has 1 aliphatic carbocycles. The lowest BCUT2D eigenvalue weighted by Crippen LogP contribution is -2.49. The first-order valence-corrected chi connectivity index (χ1v) is 8.80. The molecule has 2 N–H and O–H groups in total. The Bertz CT molecular complexity index is 506. The van der Waals surface area contributed by atoms with E-state index in [4.69, 9.17) is 0 Å². The highest BCUT2D eigenvalue weighted by atomic mass is 35.5. The SMILES string of the molecule is Cl.O=C(NC1CC2CCC(C1)N2)C1CCCc2sccc21. The van der Waals surface area contributed by atoms with Crippen molar-refractivity contribution in [2.45, 2.75) is 69.0 Å². The van der Waals surface area contributed by atoms with Crippen LogP contribution in [0.4, 0.5) is 0 Å². The van der Waals surface area contributed by atoms with Crippen molar-refractivity contribution in [3.8, 4) is 0 Å². The van der Waals surface area contributed by atoms with Crippen LogP contribution < -0.4 is 10.6 Å². The molecule has 0 aromatic carbocycles. The Labute approximate surface area is 136 Å². The van der Waals surface area contributed by atoms with E-state index in [1.165, 1.54) is 23.3 Å². The Morgan fingerprint density at radius 3 is 2.76 bits per heavy atom. The average molecular weight is 327 g/mol. The number of nitrogens with one attached hydrogen (secondary N) is 2. The highest BCUT2D eigenvalue weighted by Crippen LogP contribution is 2.35. The fourth-order valence-electron chi connectivity index (χ4n) is 4.24. The third-order valence-corrected chi connectivity index (χ3v) is 6.18. The molecule has 3 atom stereocenters. The Morgan fingerprint density at radius 1 is 1.24 bits per heavy atom. The number of fused-ring (bicyclic) bond motifs is 3. The minimum absolute atomic E-state index is 0. The molecule has 2 saturated heterocycles. The summed E-state index contributed by atoms with van der Waals surface area (Å²) in [6.07, 6.45) is 8.14. The van der Waals surface area contributed by atoms with Gasteiger partial charge in [0.1, 0.15) is 0 Å². The topological polar surface area (TPSA) is 41.1 Å². The molecule has 1 amide bonds. The van der Waals surface area contributed by atoms with Crippen molar-refractivity contribution in [3.05, 3.63) is 21.9 Å². The number of carbonyl (C=O) groups excluding carboxylic acids is 1. The number of halogens is 1. The zero-order chi connectivity index (χ0) is 13.5. The molecule has 5 heteroatoms. The summed E-state index contributed by atoms with van der Waals surface area (Å²) in [6, 6.07) is 3.84. The molecule has 116 valence electrons. The highest BCUT2D eigenvalue weighted by molar-refractivity contribution is 7.10. The molecule has 3 unspecified atom stereocenters. The molecule has 0 saturated carbocycles. The molecule has 0 spiro atoms. The third kappa shape index (κ3) is 2.99. The van der Waals surface area contributed by atoms with Gasteiger partial charge in [-0.25, -0.2) is 0 Å². The Hall–Kier alpha value is -0.580. The van der Waals surface area contributed by atoms with E-state index in [-0.39, 0.29) is 24.2 Å². The lowest BCUT2D eigenvalue weighted by Gasteiger charge is -2.31. The van der Waals surface area contributed by atoms with E-state index in [0.717, 1.165) is 32.1 Å². The van der Waals surface area contributed by atoms with Gasteiger partial charge in [-0.15, -0.1) is 23.7 Å². The van der Waals surface area contributed by atoms with Gasteiger partial charge < -0.3 is 10.6 Å². The van der Waals surface area contributed by atoms with Crippen molar-refractivity contribution in [2.75, 3.05) is 0 Å². The van der Waals surface area contributed by atoms with E-state index in [0.29, 0.717) is 18.1 Å². The number of aryl methyl sites for hydroxylation is 1. The molecule has 1 aromatic rings. The summed E-state index contributed by atoms with van der Waals surface area (Å²) < 4.78 is 0. The van der Waals surface area contributed by atoms with Crippen LogP contribution in [0.3, 0.4) is 0 Å². The van der Waals surface area contributed by atoms with Gasteiger partial charge in [0.25, 0.3) is 0 Å². The molecular formula is C16H23ClN2OS. The number of thiophene rings is 1. The summed E-state index contributed by atoms with van der Waals surface area (Å²) in [7, 11) is 0. The second kappa shape index (κ2) is 6.27. The number of carbonyl (C=O) groups is 1. The molecule has 4 rings (SSSR count). The summed E-state index contributed by atoms with van der Waals surface area (Å²) in [5.41, 5.74) is 1.30. The van der Waals surface area contributed by atoms with Gasteiger partial charge in [-0.2, -0.15) is 0 Å². The van der Waals surface area contributed by atoms with Gasteiger partial charge in [-0.1, -0.05) is 0 Å². The molecular weight excluding hydrogens is 304 g/mol. The number of rotatable bonds is 2. The van der Waals surface area contributed by atoms with Gasteiger partial charge in [0.05, 0.1) is 5.92 Å². The van der Waals surface area contributed by atoms with Crippen LogP contribution in [-0.4, -0.2) is 24.0 Å². The van der Waals surface area contributed by atoms with E-state index in [1.54, 1.807) is 0 Å². The Balaban J connectivity index is 0.00000132. The van der Waals surface area contributed by atoms with Crippen LogP contribution in [0.25, 0.3) is 0 Å². The van der Waals surface area contributed by atoms with Crippen LogP contribution >= 0.6 is 23.7 Å². The standard InChI is InChI=1S/C16H22N2OS.ClH/c19-16(14-2-1-3-15-13(14)6-7-20-15)18-12-8-10-4-5-11(9-12)17-10;/h6-7,10-12,14,17H,1-5,8-9H2,(H,18,19);1H. The molecule has 2 fully saturated rings. The van der Waals surface area contributed by atoms with E-state index < -0.39 is 0 Å². The van der Waals surface area contributed by atoms with Gasteiger partial charge >= 0.3 is 0 Å². The molecule has 3 aliphatic rings. The smallest absolute Gasteiger partial charge is 0.227 e. The summed E-state index contributed by atoms with van der Waals surface area (Å²) in [4.78, 5) is 14.1. The molecule has 1 aromatic heterocycles. The molecule has 21 heavy (non-hydrogen) atoms. The van der Waals surface area contributed by atoms with Gasteiger partial charge in [0, 0.05) is 23.0 Å². The largest absolute Gasteiger partial charge is 0.353 e. The lowest BCUT2D eigenvalue weighted by molar-refractivity contribution is -0.123. The molecule has 0 radical (unpaired) electrons. The normalized spacial score (nSPS) is 33.9. The summed E-state index contributed by atoms with van der Waals surface area (Å²) in [5, 5.41) is 9.12. The fraction of sp³-hybridized carbons (Fsp3) is 0.688. The second-order valence-corrected chi connectivity index (χ2v) is 7.56. The van der Waals surface area contributed by atoms with E-state index in [2.05, 4.69) is 22.1 Å². The summed E-state index contributed by atoms with van der Waals surface area (Å²) >= 11 is 1.81. The quantitative estimate of drug-likeness (QED) is 0.877. The van der Waals surface area contributed by atoms with E-state index in [1.807, 2.05) is 11.3 Å². The van der Waals surface area contributed by atoms with Crippen molar-refractivity contribution in [1.82, 2.24) is 10.6 Å². The van der Waals surface area contributed by atoms with Crippen molar-refractivity contribution >= 4 is 29.7 Å². The number of hydrogen-bond donors (Lipinski definition) is 2. The van der Waals surface area contributed by atoms with Gasteiger partial charge in [-0.3, -0.25) is 4.79 Å². The van der Waals surface area contributed by atoms with Crippen LogP contribution in [0, 0.1) is 0 Å². The molecule has 2 bridgehead atoms. The zero-order valence-electron chi connectivity index (χ0n) is 12.1. The maximum absolute atomic E-state index is 12.6. The average Bonchev–Trinajstić information content (AvgIpc) is 3.04. The van der Waals surface area contributed by atoms with Crippen LogP contribution in [0.15, 0.2) is 11.4 Å². The predicted molar refractivity (Wildman–Crippen MR) is 88.4 cm³/mol. The van der Waals surface area contributed by atoms with Gasteiger partial charge in [0.15, 0.2) is 0 Å². The van der Waals surface area contributed by atoms with Crippen LogP contribution in [0.1, 0.15) is 54.9 Å². The highest BCUT2D eigenvalue weighted by Gasteiger charge is 2.35. The van der Waals surface area contributed by atoms with Crippen molar-refractivity contribution in [2.24, 2.45) is 0 Å². The second-order valence-electron chi connectivity index (χ2n) is 6.56. The first-order chi connectivity index (χ1) is 9.79. The number of amides is 1. The zero-order valence-corrected chi connectivity index (χ0v) is 13.8. The van der Waals surface area contributed by atoms with E-state index >= 15 is 0 Å². The first kappa shape index (κ1) is 15.3. The van der Waals surface area contributed by atoms with Crippen molar-refractivity contribution in [1.29, 1.82) is 0 Å². The van der Waals surface area contributed by atoms with Crippen molar-refractivity contribution in [3.63, 3.8) is 0 Å². The molecule has 2 aliphatic heterocycles. The minimum Gasteiger partial charge on any atom is -0.353 e. The van der Waals surface area contributed by atoms with Crippen LogP contribution in [-0.2, 0) is 11.2 Å². The van der Waals surface area contributed by atoms with Crippen LogP contribution in [0.2, 0.25) is 0 Å². The maximum atomic E-state index is 12.6. The first-order valence-electron chi connectivity index (χ1n) is 7.92.